The monoisotopic (exact) mass is 451 g/mol. The summed E-state index contributed by atoms with van der Waals surface area (Å²) in [5, 5.41) is 7.56. The van der Waals surface area contributed by atoms with Gasteiger partial charge in [0.15, 0.2) is 0 Å². The van der Waals surface area contributed by atoms with E-state index in [0.29, 0.717) is 24.5 Å². The molecule has 0 spiro atoms. The number of rotatable bonds is 5. The molecule has 3 aromatic rings. The number of pyridine rings is 1. The fourth-order valence-electron chi connectivity index (χ4n) is 3.86. The highest BCUT2D eigenvalue weighted by Gasteiger charge is 2.34. The van der Waals surface area contributed by atoms with E-state index in [9.17, 15) is 21.6 Å². The number of hydrogen-bond donors (Lipinski definition) is 1. The minimum absolute atomic E-state index is 0.0327. The van der Waals surface area contributed by atoms with Crippen LogP contribution in [0.2, 0.25) is 0 Å². The number of nitrogens with one attached hydrogen (secondary N) is 1. The van der Waals surface area contributed by atoms with E-state index in [0.717, 1.165) is 18.9 Å². The maximum absolute atomic E-state index is 13.5. The molecule has 0 radical (unpaired) electrons. The molecule has 1 saturated carbocycles. The van der Waals surface area contributed by atoms with Gasteiger partial charge >= 0.3 is 6.18 Å². The lowest BCUT2D eigenvalue weighted by Gasteiger charge is -2.30. The number of aromatic nitrogens is 4. The topological polar surface area (TPSA) is 89.8 Å². The van der Waals surface area contributed by atoms with Gasteiger partial charge in [-0.1, -0.05) is 0 Å². The van der Waals surface area contributed by atoms with Gasteiger partial charge in [0, 0.05) is 24.5 Å². The molecule has 2 heterocycles. The van der Waals surface area contributed by atoms with Crippen LogP contribution in [0.25, 0.3) is 11.1 Å². The number of nitrogens with zero attached hydrogens (tertiary/aromatic N) is 4. The second-order valence-electron chi connectivity index (χ2n) is 7.53. The minimum Gasteiger partial charge on any atom is -0.317 e. The minimum atomic E-state index is -4.68. The first kappa shape index (κ1) is 21.4. The zero-order valence-electron chi connectivity index (χ0n) is 16.3. The number of sulfonamides is 1. The van der Waals surface area contributed by atoms with Crippen molar-refractivity contribution in [2.75, 3.05) is 0 Å². The van der Waals surface area contributed by atoms with E-state index >= 15 is 0 Å². The SMILES string of the molecule is O=S(=O)(N[C@H]1CCC[C@@H](n2cnnc2)C1)c1cc(-c2ccncc2)cc(C(F)(F)F)c1. The highest BCUT2D eigenvalue weighted by atomic mass is 32.2. The van der Waals surface area contributed by atoms with Crippen LogP contribution in [0.4, 0.5) is 13.2 Å². The maximum Gasteiger partial charge on any atom is 0.416 e. The van der Waals surface area contributed by atoms with Gasteiger partial charge < -0.3 is 4.57 Å². The molecule has 2 atom stereocenters. The van der Waals surface area contributed by atoms with Crippen molar-refractivity contribution in [1.29, 1.82) is 0 Å². The second-order valence-corrected chi connectivity index (χ2v) is 9.24. The number of benzene rings is 1. The summed E-state index contributed by atoms with van der Waals surface area (Å²) in [5.74, 6) is 0. The lowest BCUT2D eigenvalue weighted by Crippen LogP contribution is -2.38. The molecular weight excluding hydrogens is 431 g/mol. The molecule has 1 aliphatic rings. The number of alkyl halides is 3. The summed E-state index contributed by atoms with van der Waals surface area (Å²) in [6.45, 7) is 0. The smallest absolute Gasteiger partial charge is 0.317 e. The van der Waals surface area contributed by atoms with E-state index in [1.165, 1.54) is 30.6 Å². The van der Waals surface area contributed by atoms with E-state index in [1.54, 1.807) is 12.7 Å². The van der Waals surface area contributed by atoms with E-state index in [2.05, 4.69) is 19.9 Å². The third-order valence-electron chi connectivity index (χ3n) is 5.38. The van der Waals surface area contributed by atoms with Crippen molar-refractivity contribution < 1.29 is 21.6 Å². The Balaban J connectivity index is 1.64. The van der Waals surface area contributed by atoms with E-state index in [-0.39, 0.29) is 11.6 Å². The van der Waals surface area contributed by atoms with Gasteiger partial charge in [-0.05, 0) is 67.1 Å². The highest BCUT2D eigenvalue weighted by Crippen LogP contribution is 2.35. The largest absolute Gasteiger partial charge is 0.416 e. The van der Waals surface area contributed by atoms with E-state index in [4.69, 9.17) is 0 Å². The third-order valence-corrected chi connectivity index (χ3v) is 6.88. The molecule has 0 bridgehead atoms. The molecule has 0 unspecified atom stereocenters. The van der Waals surface area contributed by atoms with Gasteiger partial charge in [-0.25, -0.2) is 13.1 Å². The normalized spacial score (nSPS) is 20.0. The maximum atomic E-state index is 13.5. The molecule has 1 fully saturated rings. The molecule has 0 saturated heterocycles. The molecule has 11 heteroatoms. The Morgan fingerprint density at radius 3 is 2.39 bits per heavy atom. The molecule has 7 nitrogen and oxygen atoms in total. The van der Waals surface area contributed by atoms with Crippen molar-refractivity contribution in [1.82, 2.24) is 24.5 Å². The fraction of sp³-hybridized carbons (Fsp3) is 0.350. The number of halogens is 3. The van der Waals surface area contributed by atoms with Crippen molar-refractivity contribution >= 4 is 10.0 Å². The van der Waals surface area contributed by atoms with Gasteiger partial charge in [-0.15, -0.1) is 10.2 Å². The quantitative estimate of drug-likeness (QED) is 0.637. The molecule has 164 valence electrons. The van der Waals surface area contributed by atoms with Crippen LogP contribution >= 0.6 is 0 Å². The summed E-state index contributed by atoms with van der Waals surface area (Å²) >= 11 is 0. The van der Waals surface area contributed by atoms with Gasteiger partial charge in [0.25, 0.3) is 0 Å². The predicted molar refractivity (Wildman–Crippen MR) is 106 cm³/mol. The van der Waals surface area contributed by atoms with Gasteiger partial charge in [0.1, 0.15) is 12.7 Å². The fourth-order valence-corrected chi connectivity index (χ4v) is 5.21. The first-order valence-electron chi connectivity index (χ1n) is 9.71. The van der Waals surface area contributed by atoms with Crippen molar-refractivity contribution in [2.45, 2.75) is 48.8 Å². The molecule has 31 heavy (non-hydrogen) atoms. The van der Waals surface area contributed by atoms with Crippen molar-refractivity contribution in [2.24, 2.45) is 0 Å². The molecule has 1 N–H and O–H groups in total. The van der Waals surface area contributed by atoms with Crippen LogP contribution < -0.4 is 4.72 Å². The van der Waals surface area contributed by atoms with E-state index < -0.39 is 32.7 Å². The Morgan fingerprint density at radius 1 is 1.00 bits per heavy atom. The Kier molecular flexibility index (Phi) is 5.80. The van der Waals surface area contributed by atoms with Crippen LogP contribution in [0.15, 0.2) is 60.3 Å². The van der Waals surface area contributed by atoms with Gasteiger partial charge in [-0.3, -0.25) is 4.98 Å². The standard InChI is InChI=1S/C20H20F3N5O2S/c21-20(22,23)16-8-15(14-4-6-24-7-5-14)9-19(10-16)31(29,30)27-17-2-1-3-18(11-17)28-12-25-26-13-28/h4-10,12-13,17-18,27H,1-3,11H2/t17-,18+/m0/s1. The third kappa shape index (κ3) is 4.93. The average molecular weight is 451 g/mol. The summed E-state index contributed by atoms with van der Waals surface area (Å²) < 4.78 is 70.9. The summed E-state index contributed by atoms with van der Waals surface area (Å²) in [6.07, 6.45) is 4.10. The van der Waals surface area contributed by atoms with Crippen LogP contribution in [-0.2, 0) is 16.2 Å². The molecule has 0 amide bonds. The Labute approximate surface area is 177 Å². The van der Waals surface area contributed by atoms with E-state index in [1.807, 2.05) is 4.57 Å². The molecule has 4 rings (SSSR count). The zero-order chi connectivity index (χ0) is 22.1. The first-order chi connectivity index (χ1) is 14.7. The zero-order valence-corrected chi connectivity index (χ0v) is 17.1. The van der Waals surface area contributed by atoms with Crippen LogP contribution in [0.1, 0.15) is 37.3 Å². The summed E-state index contributed by atoms with van der Waals surface area (Å²) in [7, 11) is -4.17. The molecule has 0 aliphatic heterocycles. The van der Waals surface area contributed by atoms with Gasteiger partial charge in [0.05, 0.1) is 10.5 Å². The lowest BCUT2D eigenvalue weighted by atomic mass is 9.91. The predicted octanol–water partition coefficient (Wildman–Crippen LogP) is 3.82. The molecular formula is C20H20F3N5O2S. The van der Waals surface area contributed by atoms with Crippen molar-refractivity contribution in [3.8, 4) is 11.1 Å². The molecule has 1 aliphatic carbocycles. The van der Waals surface area contributed by atoms with Gasteiger partial charge in [0.2, 0.25) is 10.0 Å². The first-order valence-corrected chi connectivity index (χ1v) is 11.2. The average Bonchev–Trinajstić information content (AvgIpc) is 3.28. The summed E-state index contributed by atoms with van der Waals surface area (Å²) in [5.41, 5.74) is -0.417. The Morgan fingerprint density at radius 2 is 1.71 bits per heavy atom. The Hall–Kier alpha value is -2.79. The molecule has 2 aromatic heterocycles. The highest BCUT2D eigenvalue weighted by molar-refractivity contribution is 7.89. The Bertz CT molecular complexity index is 1140. The molecule has 1 aromatic carbocycles. The van der Waals surface area contributed by atoms with Crippen LogP contribution in [0.3, 0.4) is 0 Å². The summed E-state index contributed by atoms with van der Waals surface area (Å²) in [4.78, 5) is 3.44. The number of hydrogen-bond acceptors (Lipinski definition) is 5. The second kappa shape index (κ2) is 8.39. The van der Waals surface area contributed by atoms with Gasteiger partial charge in [-0.2, -0.15) is 13.2 Å². The lowest BCUT2D eigenvalue weighted by molar-refractivity contribution is -0.137. The summed E-state index contributed by atoms with van der Waals surface area (Å²) in [6, 6.07) is 5.57. The van der Waals surface area contributed by atoms with Crippen molar-refractivity contribution in [3.05, 3.63) is 60.9 Å². The van der Waals surface area contributed by atoms with Crippen LogP contribution in [0, 0.1) is 0 Å². The van der Waals surface area contributed by atoms with Crippen LogP contribution in [-0.4, -0.2) is 34.2 Å². The van der Waals surface area contributed by atoms with Crippen molar-refractivity contribution in [3.63, 3.8) is 0 Å². The van der Waals surface area contributed by atoms with Crippen LogP contribution in [0.5, 0.6) is 0 Å².